The summed E-state index contributed by atoms with van der Waals surface area (Å²) in [7, 11) is 0. The van der Waals surface area contributed by atoms with Crippen molar-refractivity contribution in [1.29, 1.82) is 0 Å². The third-order valence-corrected chi connectivity index (χ3v) is 16.6. The predicted molar refractivity (Wildman–Crippen MR) is 281 cm³/mol. The quantitative estimate of drug-likeness (QED) is 0.155. The topological polar surface area (TPSA) is 0 Å². The highest BCUT2D eigenvalue weighted by atomic mass is 32.1. The number of thiophene rings is 1. The summed E-state index contributed by atoms with van der Waals surface area (Å²) in [6.45, 7) is 9.63. The van der Waals surface area contributed by atoms with Gasteiger partial charge >= 0.3 is 0 Å². The van der Waals surface area contributed by atoms with Gasteiger partial charge in [0.25, 0.3) is 0 Å². The molecule has 0 atom stereocenters. The van der Waals surface area contributed by atoms with Crippen LogP contribution < -0.4 is 0 Å². The summed E-state index contributed by atoms with van der Waals surface area (Å²) >= 11 is 1.95. The fourth-order valence-electron chi connectivity index (χ4n) is 12.3. The molecular weight excluding hydrogens is 801 g/mol. The minimum absolute atomic E-state index is 0.0735. The van der Waals surface area contributed by atoms with Crippen LogP contribution in [0.5, 0.6) is 0 Å². The second kappa shape index (κ2) is 13.1. The largest absolute Gasteiger partial charge is 0.135 e. The fraction of sp³-hybridized carbons (Fsp3) is 0.0938. The van der Waals surface area contributed by atoms with Crippen LogP contribution in [0.25, 0.3) is 119 Å². The van der Waals surface area contributed by atoms with Gasteiger partial charge in [-0.25, -0.2) is 0 Å². The van der Waals surface area contributed by atoms with E-state index in [1.54, 1.807) is 0 Å². The zero-order valence-corrected chi connectivity index (χ0v) is 37.7. The van der Waals surface area contributed by atoms with Crippen molar-refractivity contribution in [1.82, 2.24) is 0 Å². The Morgan fingerprint density at radius 2 is 0.846 bits per heavy atom. The smallest absolute Gasteiger partial charge is 0.0433 e. The zero-order chi connectivity index (χ0) is 43.3. The Bertz CT molecular complexity index is 4000. The minimum atomic E-state index is -0.162. The SMILES string of the molecule is CC1(C)c2ccc(-c3cccc4c3sc3cc5c(cc34)C(C)(C)c3ccc4ccccc4c3-5)cc2-c2ccc(-c3c4ccccc4c(-c4cccc5ccccc45)c4ccccc34)cc21. The van der Waals surface area contributed by atoms with Gasteiger partial charge in [0.2, 0.25) is 0 Å². The van der Waals surface area contributed by atoms with Crippen LogP contribution in [0.3, 0.4) is 0 Å². The molecule has 2 aliphatic rings. The Labute approximate surface area is 383 Å². The molecule has 1 heteroatoms. The summed E-state index contributed by atoms with van der Waals surface area (Å²) in [5.41, 5.74) is 18.6. The van der Waals surface area contributed by atoms with Crippen molar-refractivity contribution < 1.29 is 0 Å². The number of hydrogen-bond acceptors (Lipinski definition) is 1. The van der Waals surface area contributed by atoms with E-state index in [1.165, 1.54) is 141 Å². The van der Waals surface area contributed by atoms with Crippen LogP contribution in [-0.2, 0) is 10.8 Å². The zero-order valence-electron chi connectivity index (χ0n) is 36.9. The summed E-state index contributed by atoms with van der Waals surface area (Å²) < 4.78 is 2.72. The van der Waals surface area contributed by atoms with Crippen LogP contribution in [0.2, 0.25) is 0 Å². The van der Waals surface area contributed by atoms with Gasteiger partial charge in [0.05, 0.1) is 0 Å². The Hall–Kier alpha value is -7.32. The van der Waals surface area contributed by atoms with E-state index in [0.29, 0.717) is 0 Å². The standard InChI is InChI=1S/C64H44S/c1-63(2)54-31-29-39(43-24-14-26-50-52-35-57-53(36-58(52)65-62(43)50)61-42-19-8-6-16-38(42)28-32-55(61)64(57,3)4)33-51(54)44-30-27-40(34-56(44)63)59-46-20-9-11-22-48(46)60(49-23-12-10-21-47(49)59)45-25-13-17-37-15-5-7-18-41(37)45/h5-36H,1-4H3. The highest BCUT2D eigenvalue weighted by Gasteiger charge is 2.38. The van der Waals surface area contributed by atoms with Gasteiger partial charge in [-0.05, 0) is 145 Å². The Morgan fingerprint density at radius 1 is 0.292 bits per heavy atom. The minimum Gasteiger partial charge on any atom is -0.135 e. The molecule has 0 spiro atoms. The third-order valence-electron chi connectivity index (χ3n) is 15.4. The average molecular weight is 845 g/mol. The van der Waals surface area contributed by atoms with Crippen molar-refractivity contribution in [2.24, 2.45) is 0 Å². The molecule has 0 amide bonds. The van der Waals surface area contributed by atoms with Crippen LogP contribution in [0.15, 0.2) is 194 Å². The molecular formula is C64H44S. The van der Waals surface area contributed by atoms with Gasteiger partial charge in [-0.1, -0.05) is 198 Å². The fourth-order valence-corrected chi connectivity index (χ4v) is 13.5. The number of hydrogen-bond donors (Lipinski definition) is 0. The van der Waals surface area contributed by atoms with Crippen LogP contribution in [-0.4, -0.2) is 0 Å². The van der Waals surface area contributed by atoms with Crippen molar-refractivity contribution in [3.63, 3.8) is 0 Å². The van der Waals surface area contributed by atoms with Gasteiger partial charge in [0.1, 0.15) is 0 Å². The molecule has 0 saturated carbocycles. The summed E-state index contributed by atoms with van der Waals surface area (Å²) in [5.74, 6) is 0. The summed E-state index contributed by atoms with van der Waals surface area (Å²) in [4.78, 5) is 0. The van der Waals surface area contributed by atoms with Crippen LogP contribution in [0, 0.1) is 0 Å². The lowest BCUT2D eigenvalue weighted by Gasteiger charge is -2.23. The molecule has 0 N–H and O–H groups in total. The monoisotopic (exact) mass is 844 g/mol. The molecule has 0 saturated heterocycles. The molecule has 0 fully saturated rings. The van der Waals surface area contributed by atoms with E-state index < -0.39 is 0 Å². The van der Waals surface area contributed by atoms with Gasteiger partial charge in [0.15, 0.2) is 0 Å². The first-order valence-electron chi connectivity index (χ1n) is 23.0. The van der Waals surface area contributed by atoms with Crippen molar-refractivity contribution in [3.8, 4) is 55.6 Å². The number of rotatable bonds is 3. The molecule has 0 aliphatic heterocycles. The highest BCUT2D eigenvalue weighted by Crippen LogP contribution is 2.56. The molecule has 65 heavy (non-hydrogen) atoms. The van der Waals surface area contributed by atoms with Crippen molar-refractivity contribution in [2.45, 2.75) is 38.5 Å². The first-order chi connectivity index (χ1) is 31.8. The lowest BCUT2D eigenvalue weighted by atomic mass is 9.80. The molecule has 0 bridgehead atoms. The van der Waals surface area contributed by atoms with E-state index in [-0.39, 0.29) is 10.8 Å². The first-order valence-corrected chi connectivity index (χ1v) is 23.8. The van der Waals surface area contributed by atoms with Crippen LogP contribution in [0.1, 0.15) is 49.9 Å². The van der Waals surface area contributed by atoms with E-state index >= 15 is 0 Å². The second-order valence-corrected chi connectivity index (χ2v) is 20.6. The Balaban J connectivity index is 0.915. The summed E-state index contributed by atoms with van der Waals surface area (Å²) in [5, 5.41) is 13.0. The lowest BCUT2D eigenvalue weighted by Crippen LogP contribution is -2.15. The van der Waals surface area contributed by atoms with Crippen molar-refractivity contribution >= 4 is 74.6 Å². The maximum absolute atomic E-state index is 2.52. The number of fused-ring (bicyclic) bond motifs is 14. The summed E-state index contributed by atoms with van der Waals surface area (Å²) in [6.07, 6.45) is 0. The van der Waals surface area contributed by atoms with Crippen molar-refractivity contribution in [2.75, 3.05) is 0 Å². The molecule has 0 nitrogen and oxygen atoms in total. The molecule has 0 radical (unpaired) electrons. The average Bonchev–Trinajstić information content (AvgIpc) is 3.90. The lowest BCUT2D eigenvalue weighted by molar-refractivity contribution is 0.660. The Morgan fingerprint density at radius 3 is 1.60 bits per heavy atom. The normalized spacial score (nSPS) is 14.4. The molecule has 11 aromatic carbocycles. The molecule has 14 rings (SSSR count). The molecule has 1 heterocycles. The molecule has 2 aliphatic carbocycles. The summed E-state index contributed by atoms with van der Waals surface area (Å²) in [6, 6.07) is 73.7. The predicted octanol–water partition coefficient (Wildman–Crippen LogP) is 18.3. The van der Waals surface area contributed by atoms with E-state index in [9.17, 15) is 0 Å². The highest BCUT2D eigenvalue weighted by molar-refractivity contribution is 7.26. The van der Waals surface area contributed by atoms with Gasteiger partial charge in [-0.3, -0.25) is 0 Å². The van der Waals surface area contributed by atoms with Gasteiger partial charge in [-0.15, -0.1) is 11.3 Å². The van der Waals surface area contributed by atoms with Crippen LogP contribution in [0.4, 0.5) is 0 Å². The second-order valence-electron chi connectivity index (χ2n) is 19.5. The van der Waals surface area contributed by atoms with E-state index in [4.69, 9.17) is 0 Å². The van der Waals surface area contributed by atoms with E-state index in [2.05, 4.69) is 222 Å². The van der Waals surface area contributed by atoms with Crippen molar-refractivity contribution in [3.05, 3.63) is 216 Å². The number of benzene rings is 11. The van der Waals surface area contributed by atoms with E-state index in [1.807, 2.05) is 11.3 Å². The van der Waals surface area contributed by atoms with Crippen LogP contribution >= 0.6 is 11.3 Å². The third kappa shape index (κ3) is 5.02. The maximum Gasteiger partial charge on any atom is 0.0433 e. The molecule has 1 aromatic heterocycles. The van der Waals surface area contributed by atoms with Gasteiger partial charge < -0.3 is 0 Å². The molecule has 306 valence electrons. The first kappa shape index (κ1) is 37.1. The van der Waals surface area contributed by atoms with Gasteiger partial charge in [-0.2, -0.15) is 0 Å². The van der Waals surface area contributed by atoms with E-state index in [0.717, 1.165) is 0 Å². The molecule has 12 aromatic rings. The Kier molecular flexibility index (Phi) is 7.49. The molecule has 0 unspecified atom stereocenters. The van der Waals surface area contributed by atoms with Gasteiger partial charge in [0, 0.05) is 31.0 Å². The maximum atomic E-state index is 2.52.